The minimum Gasteiger partial charge on any atom is -0.308 e. The molecule has 0 atom stereocenters. The van der Waals surface area contributed by atoms with E-state index in [-0.39, 0.29) is 22.9 Å². The van der Waals surface area contributed by atoms with Crippen LogP contribution >= 0.6 is 35.3 Å². The number of carbonyl (C=O) groups is 1. The minimum absolute atomic E-state index is 0. The van der Waals surface area contributed by atoms with Gasteiger partial charge in [0.05, 0.1) is 20.7 Å². The first-order valence-electron chi connectivity index (χ1n) is 8.91. The van der Waals surface area contributed by atoms with Crippen LogP contribution < -0.4 is 4.90 Å². The topological polar surface area (TPSA) is 70.6 Å². The molecule has 162 valence electrons. The maximum atomic E-state index is 13.4. The predicted octanol–water partition coefficient (Wildman–Crippen LogP) is 4.29. The van der Waals surface area contributed by atoms with Gasteiger partial charge in [0, 0.05) is 24.4 Å². The number of rotatable bonds is 6. The van der Waals surface area contributed by atoms with Gasteiger partial charge in [-0.2, -0.15) is 0 Å². The molecule has 0 N–H and O–H groups in total. The number of halogens is 2. The second-order valence-electron chi connectivity index (χ2n) is 7.04. The third kappa shape index (κ3) is 5.12. The Hall–Kier alpha value is -1.71. The van der Waals surface area contributed by atoms with Crippen LogP contribution in [0.1, 0.15) is 15.9 Å². The van der Waals surface area contributed by atoms with Gasteiger partial charge in [0.2, 0.25) is 0 Å². The molecule has 0 saturated heterocycles. The molecule has 3 rings (SSSR count). The number of aromatic nitrogens is 1. The molecule has 1 aromatic heterocycles. The number of nitrogens with zero attached hydrogens (tertiary/aromatic N) is 3. The van der Waals surface area contributed by atoms with E-state index >= 15 is 0 Å². The average Bonchev–Trinajstić information content (AvgIpc) is 3.08. The Morgan fingerprint density at radius 2 is 1.80 bits per heavy atom. The van der Waals surface area contributed by atoms with Crippen LogP contribution in [0.3, 0.4) is 0 Å². The molecule has 1 heterocycles. The maximum Gasteiger partial charge on any atom is 0.261 e. The Bertz CT molecular complexity index is 1180. The summed E-state index contributed by atoms with van der Waals surface area (Å²) >= 11 is 7.60. The van der Waals surface area contributed by atoms with Crippen molar-refractivity contribution in [3.8, 4) is 0 Å². The van der Waals surface area contributed by atoms with Crippen molar-refractivity contribution in [2.75, 3.05) is 38.3 Å². The summed E-state index contributed by atoms with van der Waals surface area (Å²) in [4.78, 5) is 21.6. The van der Waals surface area contributed by atoms with Crippen LogP contribution in [0.15, 0.2) is 41.3 Å². The molecule has 3 aromatic rings. The van der Waals surface area contributed by atoms with Gasteiger partial charge in [-0.25, -0.2) is 13.4 Å². The Morgan fingerprint density at radius 3 is 2.43 bits per heavy atom. The summed E-state index contributed by atoms with van der Waals surface area (Å²) in [6.07, 6.45) is 1.10. The lowest BCUT2D eigenvalue weighted by molar-refractivity contribution is 0.0982. The highest BCUT2D eigenvalue weighted by Gasteiger charge is 2.26. The van der Waals surface area contributed by atoms with Gasteiger partial charge in [0.25, 0.3) is 5.91 Å². The third-order valence-corrected chi connectivity index (χ3v) is 7.11. The van der Waals surface area contributed by atoms with Crippen molar-refractivity contribution in [3.05, 3.63) is 52.5 Å². The van der Waals surface area contributed by atoms with Crippen molar-refractivity contribution in [1.29, 1.82) is 0 Å². The fraction of sp³-hybridized carbons (Fsp3) is 0.300. The van der Waals surface area contributed by atoms with Crippen LogP contribution in [0.5, 0.6) is 0 Å². The zero-order valence-electron chi connectivity index (χ0n) is 17.0. The molecule has 0 radical (unpaired) electrons. The first-order valence-corrected chi connectivity index (χ1v) is 12.0. The molecule has 2 aromatic carbocycles. The molecule has 0 fully saturated rings. The summed E-state index contributed by atoms with van der Waals surface area (Å²) < 4.78 is 25.3. The van der Waals surface area contributed by atoms with Crippen molar-refractivity contribution in [2.45, 2.75) is 11.8 Å². The summed E-state index contributed by atoms with van der Waals surface area (Å²) in [5, 5.41) is 1.13. The molecule has 6 nitrogen and oxygen atoms in total. The SMILES string of the molecule is Cc1c(Cl)ccc2sc(N(CCN(C)C)C(=O)c3ccccc3S(C)(=O)=O)nc12.Cl. The summed E-state index contributed by atoms with van der Waals surface area (Å²) in [6, 6.07) is 9.96. The zero-order valence-corrected chi connectivity index (χ0v) is 20.3. The van der Waals surface area contributed by atoms with Gasteiger partial charge in [-0.05, 0) is 50.8 Å². The van der Waals surface area contributed by atoms with Crippen LogP contribution in [0.2, 0.25) is 5.02 Å². The van der Waals surface area contributed by atoms with E-state index in [1.54, 1.807) is 17.0 Å². The fourth-order valence-electron chi connectivity index (χ4n) is 2.90. The van der Waals surface area contributed by atoms with Gasteiger partial charge in [0.1, 0.15) is 0 Å². The fourth-order valence-corrected chi connectivity index (χ4v) is 4.98. The highest BCUT2D eigenvalue weighted by Crippen LogP contribution is 2.34. The predicted molar refractivity (Wildman–Crippen MR) is 126 cm³/mol. The Morgan fingerprint density at radius 1 is 1.13 bits per heavy atom. The quantitative estimate of drug-likeness (QED) is 0.518. The van der Waals surface area contributed by atoms with Crippen molar-refractivity contribution >= 4 is 66.4 Å². The highest BCUT2D eigenvalue weighted by molar-refractivity contribution is 7.90. The number of sulfone groups is 1. The number of aryl methyl sites for hydroxylation is 1. The van der Waals surface area contributed by atoms with Gasteiger partial charge in [-0.1, -0.05) is 35.1 Å². The first kappa shape index (κ1) is 24.6. The normalized spacial score (nSPS) is 11.5. The van der Waals surface area contributed by atoms with E-state index < -0.39 is 15.7 Å². The largest absolute Gasteiger partial charge is 0.308 e. The van der Waals surface area contributed by atoms with Crippen LogP contribution in [0, 0.1) is 6.92 Å². The first-order chi connectivity index (χ1) is 13.6. The number of amides is 1. The van der Waals surface area contributed by atoms with Crippen molar-refractivity contribution in [2.24, 2.45) is 0 Å². The molecule has 1 amide bonds. The summed E-state index contributed by atoms with van der Waals surface area (Å²) in [6.45, 7) is 2.86. The number of hydrogen-bond donors (Lipinski definition) is 0. The maximum absolute atomic E-state index is 13.4. The number of anilines is 1. The molecule has 0 saturated carbocycles. The van der Waals surface area contributed by atoms with Crippen molar-refractivity contribution in [1.82, 2.24) is 9.88 Å². The molecule has 30 heavy (non-hydrogen) atoms. The second-order valence-corrected chi connectivity index (χ2v) is 10.4. The number of carbonyl (C=O) groups excluding carboxylic acids is 1. The van der Waals surface area contributed by atoms with E-state index in [1.807, 2.05) is 38.1 Å². The van der Waals surface area contributed by atoms with E-state index in [2.05, 4.69) is 4.98 Å². The monoisotopic (exact) mass is 487 g/mol. The lowest BCUT2D eigenvalue weighted by atomic mass is 10.2. The van der Waals surface area contributed by atoms with E-state index in [1.165, 1.54) is 23.5 Å². The molecule has 0 aliphatic rings. The van der Waals surface area contributed by atoms with Gasteiger partial charge in [0.15, 0.2) is 15.0 Å². The lowest BCUT2D eigenvalue weighted by Crippen LogP contribution is -2.37. The molecule has 0 aliphatic carbocycles. The van der Waals surface area contributed by atoms with Crippen LogP contribution in [0.4, 0.5) is 5.13 Å². The number of hydrogen-bond acceptors (Lipinski definition) is 6. The van der Waals surface area contributed by atoms with Gasteiger partial charge in [-0.3, -0.25) is 9.69 Å². The van der Waals surface area contributed by atoms with Gasteiger partial charge in [-0.15, -0.1) is 12.4 Å². The lowest BCUT2D eigenvalue weighted by Gasteiger charge is -2.22. The Balaban J connectivity index is 0.00000320. The zero-order chi connectivity index (χ0) is 21.3. The molecular weight excluding hydrogens is 465 g/mol. The van der Waals surface area contributed by atoms with Crippen LogP contribution in [0.25, 0.3) is 10.2 Å². The molecule has 0 unspecified atom stereocenters. The summed E-state index contributed by atoms with van der Waals surface area (Å²) in [7, 11) is 0.269. The number of fused-ring (bicyclic) bond motifs is 1. The van der Waals surface area contributed by atoms with Crippen LogP contribution in [-0.2, 0) is 9.84 Å². The smallest absolute Gasteiger partial charge is 0.261 e. The molecule has 0 aliphatic heterocycles. The van der Waals surface area contributed by atoms with Crippen LogP contribution in [-0.4, -0.2) is 57.6 Å². The standard InChI is InChI=1S/C20H22ClN3O3S2.ClH/c1-13-15(21)9-10-16-18(13)22-20(28-16)24(12-11-23(2)3)19(25)14-7-5-6-8-17(14)29(4,26)27;/h5-10H,11-12H2,1-4H3;1H. The average molecular weight is 488 g/mol. The molecule has 0 spiro atoms. The second kappa shape index (κ2) is 9.62. The van der Waals surface area contributed by atoms with E-state index in [0.29, 0.717) is 23.2 Å². The molecule has 0 bridgehead atoms. The number of thiazole rings is 1. The Kier molecular flexibility index (Phi) is 7.87. The minimum atomic E-state index is -3.55. The summed E-state index contributed by atoms with van der Waals surface area (Å²) in [5.74, 6) is -0.393. The third-order valence-electron chi connectivity index (χ3n) is 4.50. The Labute approximate surface area is 191 Å². The number of benzene rings is 2. The van der Waals surface area contributed by atoms with Gasteiger partial charge < -0.3 is 4.90 Å². The number of likely N-dealkylation sites (N-methyl/N-ethyl adjacent to an activating group) is 1. The molecule has 10 heteroatoms. The van der Waals surface area contributed by atoms with E-state index in [0.717, 1.165) is 22.0 Å². The van der Waals surface area contributed by atoms with Gasteiger partial charge >= 0.3 is 0 Å². The molecular formula is C20H23Cl2N3O3S2. The van der Waals surface area contributed by atoms with Crippen molar-refractivity contribution < 1.29 is 13.2 Å². The van der Waals surface area contributed by atoms with Crippen molar-refractivity contribution in [3.63, 3.8) is 0 Å². The summed E-state index contributed by atoms with van der Waals surface area (Å²) in [5.41, 5.74) is 1.74. The highest BCUT2D eigenvalue weighted by atomic mass is 35.5. The van der Waals surface area contributed by atoms with E-state index in [9.17, 15) is 13.2 Å². The van der Waals surface area contributed by atoms with E-state index in [4.69, 9.17) is 11.6 Å².